The van der Waals surface area contributed by atoms with Gasteiger partial charge in [-0.1, -0.05) is 18.2 Å². The topological polar surface area (TPSA) is 65.0 Å². The van der Waals surface area contributed by atoms with Crippen LogP contribution >= 0.6 is 0 Å². The summed E-state index contributed by atoms with van der Waals surface area (Å²) in [4.78, 5) is 30.8. The van der Waals surface area contributed by atoms with Crippen molar-refractivity contribution in [3.8, 4) is 5.75 Å². The Morgan fingerprint density at radius 2 is 1.48 bits per heavy atom. The number of hydrogen-bond acceptors (Lipinski definition) is 7. The third-order valence-electron chi connectivity index (χ3n) is 6.04. The van der Waals surface area contributed by atoms with Gasteiger partial charge in [0, 0.05) is 58.4 Å². The van der Waals surface area contributed by atoms with E-state index in [9.17, 15) is 4.79 Å². The average molecular weight is 425 g/mol. The Balaban J connectivity index is 1.33. The largest absolute Gasteiger partial charge is 0.484 e. The second-order valence-corrected chi connectivity index (χ2v) is 8.34. The van der Waals surface area contributed by atoms with Gasteiger partial charge < -0.3 is 24.3 Å². The molecule has 0 aliphatic carbocycles. The first kappa shape index (κ1) is 21.4. The van der Waals surface area contributed by atoms with Gasteiger partial charge in [-0.15, -0.1) is 0 Å². The summed E-state index contributed by atoms with van der Waals surface area (Å²) in [7, 11) is 2.15. The first-order valence-electron chi connectivity index (χ1n) is 11.0. The lowest BCUT2D eigenvalue weighted by molar-refractivity contribution is -0.133. The summed E-state index contributed by atoms with van der Waals surface area (Å²) in [5, 5.41) is 0. The Hall–Kier alpha value is -2.87. The molecule has 1 aromatic carbocycles. The van der Waals surface area contributed by atoms with E-state index < -0.39 is 0 Å². The van der Waals surface area contributed by atoms with E-state index in [1.165, 1.54) is 0 Å². The molecule has 1 aromatic heterocycles. The number of aromatic nitrogens is 2. The van der Waals surface area contributed by atoms with Crippen LogP contribution in [0.15, 0.2) is 30.3 Å². The highest BCUT2D eigenvalue weighted by molar-refractivity contribution is 5.78. The molecule has 2 aliphatic heterocycles. The molecule has 2 fully saturated rings. The molecular weight excluding hydrogens is 392 g/mol. The molecule has 3 heterocycles. The standard InChI is InChI=1S/C23H32N6O2/c1-18-6-4-5-7-20(18)31-17-23(30)29-14-12-28(13-15-29)22-16-21(24-19(2)25-22)27-10-8-26(3)9-11-27/h4-7,16H,8-15,17H2,1-3H3. The zero-order valence-corrected chi connectivity index (χ0v) is 18.8. The maximum atomic E-state index is 12.6. The van der Waals surface area contributed by atoms with E-state index in [2.05, 4.69) is 37.8 Å². The molecule has 8 nitrogen and oxygen atoms in total. The van der Waals surface area contributed by atoms with Gasteiger partial charge in [-0.3, -0.25) is 4.79 Å². The third-order valence-corrected chi connectivity index (χ3v) is 6.04. The van der Waals surface area contributed by atoms with Gasteiger partial charge in [0.05, 0.1) is 0 Å². The Morgan fingerprint density at radius 1 is 0.903 bits per heavy atom. The van der Waals surface area contributed by atoms with Gasteiger partial charge in [0.1, 0.15) is 23.2 Å². The van der Waals surface area contributed by atoms with E-state index in [1.807, 2.05) is 43.0 Å². The number of nitrogens with zero attached hydrogens (tertiary/aromatic N) is 6. The second kappa shape index (κ2) is 9.51. The summed E-state index contributed by atoms with van der Waals surface area (Å²) in [6.45, 7) is 10.9. The van der Waals surface area contributed by atoms with Crippen molar-refractivity contribution in [2.75, 3.05) is 75.8 Å². The Kier molecular flexibility index (Phi) is 6.56. The van der Waals surface area contributed by atoms with E-state index in [-0.39, 0.29) is 12.5 Å². The van der Waals surface area contributed by atoms with Crippen molar-refractivity contribution in [2.24, 2.45) is 0 Å². The predicted octanol–water partition coefficient (Wildman–Crippen LogP) is 1.57. The molecule has 4 rings (SSSR count). The summed E-state index contributed by atoms with van der Waals surface area (Å²) >= 11 is 0. The monoisotopic (exact) mass is 424 g/mol. The number of ether oxygens (including phenoxy) is 1. The van der Waals surface area contributed by atoms with E-state index >= 15 is 0 Å². The number of anilines is 2. The maximum absolute atomic E-state index is 12.6. The normalized spacial score (nSPS) is 17.7. The number of hydrogen-bond donors (Lipinski definition) is 0. The van der Waals surface area contributed by atoms with Crippen LogP contribution in [-0.4, -0.2) is 91.7 Å². The zero-order chi connectivity index (χ0) is 21.8. The van der Waals surface area contributed by atoms with E-state index in [0.29, 0.717) is 13.1 Å². The number of aryl methyl sites for hydroxylation is 2. The van der Waals surface area contributed by atoms with Gasteiger partial charge in [-0.2, -0.15) is 0 Å². The smallest absolute Gasteiger partial charge is 0.260 e. The highest BCUT2D eigenvalue weighted by Crippen LogP contribution is 2.22. The highest BCUT2D eigenvalue weighted by atomic mass is 16.5. The molecule has 0 saturated carbocycles. The van der Waals surface area contributed by atoms with Crippen LogP contribution in [0.5, 0.6) is 5.75 Å². The Labute approximate surface area is 184 Å². The zero-order valence-electron chi connectivity index (χ0n) is 18.8. The maximum Gasteiger partial charge on any atom is 0.260 e. The van der Waals surface area contributed by atoms with Gasteiger partial charge in [0.25, 0.3) is 5.91 Å². The van der Waals surface area contributed by atoms with Gasteiger partial charge in [0.2, 0.25) is 0 Å². The Morgan fingerprint density at radius 3 is 2.10 bits per heavy atom. The van der Waals surface area contributed by atoms with E-state index in [4.69, 9.17) is 4.74 Å². The summed E-state index contributed by atoms with van der Waals surface area (Å²) in [5.41, 5.74) is 1.04. The number of amides is 1. The lowest BCUT2D eigenvalue weighted by atomic mass is 10.2. The van der Waals surface area contributed by atoms with Crippen molar-refractivity contribution in [1.82, 2.24) is 19.8 Å². The first-order chi connectivity index (χ1) is 15.0. The minimum absolute atomic E-state index is 0.0277. The van der Waals surface area contributed by atoms with Crippen LogP contribution in [0.4, 0.5) is 11.6 Å². The minimum Gasteiger partial charge on any atom is -0.484 e. The molecule has 0 N–H and O–H groups in total. The Bertz CT molecular complexity index is 905. The summed E-state index contributed by atoms with van der Waals surface area (Å²) in [6.07, 6.45) is 0. The summed E-state index contributed by atoms with van der Waals surface area (Å²) in [5.74, 6) is 3.53. The van der Waals surface area contributed by atoms with Crippen molar-refractivity contribution in [3.63, 3.8) is 0 Å². The van der Waals surface area contributed by atoms with E-state index in [0.717, 1.165) is 68.0 Å². The van der Waals surface area contributed by atoms with Crippen molar-refractivity contribution in [3.05, 3.63) is 41.7 Å². The quantitative estimate of drug-likeness (QED) is 0.722. The lowest BCUT2D eigenvalue weighted by Gasteiger charge is -2.36. The number of carbonyl (C=O) groups is 1. The fourth-order valence-corrected chi connectivity index (χ4v) is 4.03. The van der Waals surface area contributed by atoms with E-state index in [1.54, 1.807) is 0 Å². The average Bonchev–Trinajstić information content (AvgIpc) is 2.78. The fraction of sp³-hybridized carbons (Fsp3) is 0.522. The number of piperazine rings is 2. The van der Waals surface area contributed by atoms with Crippen LogP contribution in [0.2, 0.25) is 0 Å². The molecule has 0 bridgehead atoms. The van der Waals surface area contributed by atoms with Crippen molar-refractivity contribution < 1.29 is 9.53 Å². The van der Waals surface area contributed by atoms with Crippen LogP contribution in [0.1, 0.15) is 11.4 Å². The molecule has 166 valence electrons. The molecule has 0 atom stereocenters. The summed E-state index contributed by atoms with van der Waals surface area (Å²) < 4.78 is 5.74. The molecule has 0 spiro atoms. The molecule has 8 heteroatoms. The lowest BCUT2D eigenvalue weighted by Crippen LogP contribution is -2.50. The van der Waals surface area contributed by atoms with Crippen LogP contribution in [-0.2, 0) is 4.79 Å². The molecule has 2 aliphatic rings. The van der Waals surface area contributed by atoms with Crippen LogP contribution < -0.4 is 14.5 Å². The summed E-state index contributed by atoms with van der Waals surface area (Å²) in [6, 6.07) is 9.87. The van der Waals surface area contributed by atoms with Crippen LogP contribution in [0.3, 0.4) is 0 Å². The number of benzene rings is 1. The van der Waals surface area contributed by atoms with Crippen LogP contribution in [0, 0.1) is 13.8 Å². The second-order valence-electron chi connectivity index (χ2n) is 8.34. The molecule has 2 saturated heterocycles. The van der Waals surface area contributed by atoms with Gasteiger partial charge in [-0.05, 0) is 32.5 Å². The van der Waals surface area contributed by atoms with Crippen LogP contribution in [0.25, 0.3) is 0 Å². The first-order valence-corrected chi connectivity index (χ1v) is 11.0. The van der Waals surface area contributed by atoms with Crippen molar-refractivity contribution in [2.45, 2.75) is 13.8 Å². The SMILES string of the molecule is Cc1nc(N2CCN(C)CC2)cc(N2CCN(C(=O)COc3ccccc3C)CC2)n1. The predicted molar refractivity (Wildman–Crippen MR) is 122 cm³/mol. The van der Waals surface area contributed by atoms with Crippen molar-refractivity contribution in [1.29, 1.82) is 0 Å². The van der Waals surface area contributed by atoms with Gasteiger partial charge in [-0.25, -0.2) is 9.97 Å². The number of likely N-dealkylation sites (N-methyl/N-ethyl adjacent to an activating group) is 1. The minimum atomic E-state index is 0.0277. The fourth-order valence-electron chi connectivity index (χ4n) is 4.03. The number of carbonyl (C=O) groups excluding carboxylic acids is 1. The molecule has 0 unspecified atom stereocenters. The molecule has 1 amide bonds. The number of para-hydroxylation sites is 1. The molecule has 2 aromatic rings. The third kappa shape index (κ3) is 5.25. The molecular formula is C23H32N6O2. The van der Waals surface area contributed by atoms with Crippen molar-refractivity contribution >= 4 is 17.5 Å². The number of rotatable bonds is 5. The molecule has 31 heavy (non-hydrogen) atoms. The van der Waals surface area contributed by atoms with Gasteiger partial charge in [0.15, 0.2) is 6.61 Å². The van der Waals surface area contributed by atoms with Gasteiger partial charge >= 0.3 is 0 Å². The molecule has 0 radical (unpaired) electrons. The highest BCUT2D eigenvalue weighted by Gasteiger charge is 2.24.